The molecule has 9 rings (SSSR count). The molecule has 4 N–H and O–H groups in total. The highest BCUT2D eigenvalue weighted by Crippen LogP contribution is 2.42. The van der Waals surface area contributed by atoms with Crippen molar-refractivity contribution in [3.8, 4) is 17.6 Å². The van der Waals surface area contributed by atoms with Crippen LogP contribution in [0, 0.1) is 23.0 Å². The molecule has 0 aliphatic carbocycles. The maximum atomic E-state index is 15.8. The number of ether oxygens (including phenoxy) is 2. The molecule has 23 heteroatoms. The van der Waals surface area contributed by atoms with Gasteiger partial charge in [-0.05, 0) is 74.6 Å². The fourth-order valence-electron chi connectivity index (χ4n) is 9.60. The second kappa shape index (κ2) is 17.9. The molecule has 4 saturated heterocycles. The number of halogens is 2. The van der Waals surface area contributed by atoms with Gasteiger partial charge >= 0.3 is 10.2 Å². The summed E-state index contributed by atoms with van der Waals surface area (Å²) in [6.07, 6.45) is 2.21. The van der Waals surface area contributed by atoms with Crippen molar-refractivity contribution in [3.05, 3.63) is 76.3 Å². The number of carbonyl (C=O) groups excluding carboxylic acids is 2. The molecule has 0 bridgehead atoms. The molecule has 360 valence electrons. The fourth-order valence-corrected chi connectivity index (χ4v) is 10.5. The standard InChI is InChI=1S/C45H51F2N11O9S/c1-4-53(2)68(64,65)52-35-8-6-32(46)40(31(35)24-48)67-28-5-7-34-29(19-28)42(61)58(26-49-34)27-22-45(66-25-27)12-17-56(18-13-45)39(60)23-44(63)10-15-55(16-11-44)37-21-36-30(20-33(37)47)41(51-54(36)3)57-14-9-38(59)50-43(57)62/h5-8,19-21,26-27,43,52,62-63H,4,9-18,22-23,25H2,1-3H3,(H,50,59)/t27-,43?/m0/s1. The van der Waals surface area contributed by atoms with Crippen molar-refractivity contribution >= 4 is 61.0 Å². The van der Waals surface area contributed by atoms with Crippen LogP contribution in [0.5, 0.6) is 11.5 Å². The van der Waals surface area contributed by atoms with Gasteiger partial charge in [0, 0.05) is 65.2 Å². The van der Waals surface area contributed by atoms with E-state index in [4.69, 9.17) is 9.47 Å². The first kappa shape index (κ1) is 46.7. The molecule has 20 nitrogen and oxygen atoms in total. The molecule has 68 heavy (non-hydrogen) atoms. The Morgan fingerprint density at radius 1 is 1.06 bits per heavy atom. The number of nitrogens with one attached hydrogen (secondary N) is 2. The number of nitriles is 1. The fraction of sp³-hybridized carbons (Fsp3) is 0.467. The highest BCUT2D eigenvalue weighted by atomic mass is 32.2. The highest BCUT2D eigenvalue weighted by Gasteiger charge is 2.45. The number of aryl methyl sites for hydroxylation is 1. The van der Waals surface area contributed by atoms with Crippen molar-refractivity contribution in [2.45, 2.75) is 75.5 Å². The number of aliphatic hydroxyl groups is 2. The minimum Gasteiger partial charge on any atom is -0.453 e. The molecular weight excluding hydrogens is 909 g/mol. The Kier molecular flexibility index (Phi) is 12.3. The number of hydrogen-bond acceptors (Lipinski definition) is 14. The van der Waals surface area contributed by atoms with Crippen molar-refractivity contribution in [2.24, 2.45) is 7.05 Å². The number of hydrogen-bond donors (Lipinski definition) is 4. The SMILES string of the molecule is CCN(C)S(=O)(=O)Nc1ccc(F)c(Oc2ccc3ncn([C@@H]4COC5(CCN(C(=O)CC6(O)CCN(c7cc8c(cc7F)c(N7CCC(=O)NC7O)nn8C)CC6)CC5)C4)c(=O)c3c2)c1C#N. The zero-order chi connectivity index (χ0) is 48.3. The summed E-state index contributed by atoms with van der Waals surface area (Å²) in [6.45, 7) is 3.60. The van der Waals surface area contributed by atoms with Gasteiger partial charge in [0.2, 0.25) is 18.2 Å². The number of likely N-dealkylation sites (tertiary alicyclic amines) is 1. The molecule has 2 aromatic heterocycles. The average Bonchev–Trinajstić information content (AvgIpc) is 3.86. The monoisotopic (exact) mass is 959 g/mol. The number of aromatic nitrogens is 4. The van der Waals surface area contributed by atoms with Crippen molar-refractivity contribution in [1.82, 2.24) is 33.9 Å². The summed E-state index contributed by atoms with van der Waals surface area (Å²) in [5.41, 5.74) is -1.56. The van der Waals surface area contributed by atoms with Crippen LogP contribution >= 0.6 is 0 Å². The van der Waals surface area contributed by atoms with E-state index in [-0.39, 0.29) is 85.6 Å². The van der Waals surface area contributed by atoms with Crippen LogP contribution in [-0.2, 0) is 31.6 Å². The molecule has 2 atom stereocenters. The van der Waals surface area contributed by atoms with Crippen molar-refractivity contribution < 1.29 is 46.5 Å². The number of piperidine rings is 2. The molecule has 4 fully saturated rings. The first-order valence-electron chi connectivity index (χ1n) is 22.4. The molecule has 1 unspecified atom stereocenters. The van der Waals surface area contributed by atoms with Gasteiger partial charge in [0.05, 0.1) is 64.4 Å². The van der Waals surface area contributed by atoms with Crippen LogP contribution in [0.15, 0.2) is 53.6 Å². The first-order chi connectivity index (χ1) is 32.4. The lowest BCUT2D eigenvalue weighted by atomic mass is 9.85. The minimum atomic E-state index is -4.05. The van der Waals surface area contributed by atoms with E-state index in [0.717, 1.165) is 16.4 Å². The van der Waals surface area contributed by atoms with E-state index in [9.17, 15) is 38.3 Å². The van der Waals surface area contributed by atoms with Gasteiger partial charge in [0.25, 0.3) is 5.56 Å². The second-order valence-corrected chi connectivity index (χ2v) is 19.7. The second-order valence-electron chi connectivity index (χ2n) is 17.9. The number of benzene rings is 3. The van der Waals surface area contributed by atoms with E-state index in [2.05, 4.69) is 20.1 Å². The van der Waals surface area contributed by atoms with Crippen molar-refractivity contribution in [2.75, 3.05) is 67.4 Å². The van der Waals surface area contributed by atoms with Crippen molar-refractivity contribution in [3.63, 3.8) is 0 Å². The van der Waals surface area contributed by atoms with Gasteiger partial charge < -0.3 is 39.7 Å². The van der Waals surface area contributed by atoms with E-state index in [1.807, 2.05) is 11.0 Å². The first-order valence-corrected chi connectivity index (χ1v) is 23.8. The minimum absolute atomic E-state index is 0.0163. The summed E-state index contributed by atoms with van der Waals surface area (Å²) in [5.74, 6) is -2.06. The molecule has 3 aromatic carbocycles. The molecular formula is C45H51F2N11O9S. The zero-order valence-corrected chi connectivity index (χ0v) is 38.4. The van der Waals surface area contributed by atoms with Crippen LogP contribution in [0.3, 0.4) is 0 Å². The predicted molar refractivity (Wildman–Crippen MR) is 244 cm³/mol. The third kappa shape index (κ3) is 8.77. The van der Waals surface area contributed by atoms with Crippen LogP contribution in [0.2, 0.25) is 0 Å². The van der Waals surface area contributed by atoms with Gasteiger partial charge in [0.1, 0.15) is 23.2 Å². The Labute approximate surface area is 389 Å². The van der Waals surface area contributed by atoms with Gasteiger partial charge in [0.15, 0.2) is 17.4 Å². The average molecular weight is 960 g/mol. The lowest BCUT2D eigenvalue weighted by Crippen LogP contribution is -2.54. The maximum Gasteiger partial charge on any atom is 0.301 e. The lowest BCUT2D eigenvalue weighted by molar-refractivity contribution is -0.142. The molecule has 6 heterocycles. The van der Waals surface area contributed by atoms with Gasteiger partial charge in [-0.3, -0.25) is 28.4 Å². The summed E-state index contributed by atoms with van der Waals surface area (Å²) in [6, 6.07) is 11.0. The molecule has 0 radical (unpaired) electrons. The van der Waals surface area contributed by atoms with Gasteiger partial charge in [-0.15, -0.1) is 0 Å². The summed E-state index contributed by atoms with van der Waals surface area (Å²) in [7, 11) is -0.984. The molecule has 4 aliphatic heterocycles. The van der Waals surface area contributed by atoms with Crippen LogP contribution < -0.4 is 30.1 Å². The number of anilines is 3. The topological polar surface area (TPSA) is 241 Å². The van der Waals surface area contributed by atoms with E-state index in [1.165, 1.54) is 47.1 Å². The molecule has 2 amide bonds. The van der Waals surface area contributed by atoms with Crippen LogP contribution in [0.25, 0.3) is 21.8 Å². The number of nitrogens with zero attached hydrogens (tertiary/aromatic N) is 9. The molecule has 1 spiro atoms. The van der Waals surface area contributed by atoms with Gasteiger partial charge in [-0.25, -0.2) is 13.8 Å². The number of rotatable bonds is 11. The summed E-state index contributed by atoms with van der Waals surface area (Å²) in [4.78, 5) is 49.0. The Morgan fingerprint density at radius 3 is 2.51 bits per heavy atom. The normalized spacial score (nSPS) is 20.6. The van der Waals surface area contributed by atoms with E-state index < -0.39 is 50.7 Å². The van der Waals surface area contributed by atoms with E-state index in [0.29, 0.717) is 73.4 Å². The summed E-state index contributed by atoms with van der Waals surface area (Å²) >= 11 is 0. The maximum absolute atomic E-state index is 15.8. The Hall–Kier alpha value is -6.45. The number of carbonyl (C=O) groups is 2. The van der Waals surface area contributed by atoms with Crippen LogP contribution in [0.4, 0.5) is 26.0 Å². The van der Waals surface area contributed by atoms with Crippen LogP contribution in [-0.4, -0.2) is 129 Å². The third-order valence-electron chi connectivity index (χ3n) is 13.8. The van der Waals surface area contributed by atoms with Gasteiger partial charge in [-0.1, -0.05) is 6.92 Å². The predicted octanol–water partition coefficient (Wildman–Crippen LogP) is 3.18. The van der Waals surface area contributed by atoms with Crippen LogP contribution in [0.1, 0.15) is 63.5 Å². The summed E-state index contributed by atoms with van der Waals surface area (Å²) < 4.78 is 74.9. The number of fused-ring (bicyclic) bond motifs is 2. The Morgan fingerprint density at radius 2 is 1.81 bits per heavy atom. The van der Waals surface area contributed by atoms with Crippen molar-refractivity contribution in [1.29, 1.82) is 5.26 Å². The third-order valence-corrected chi connectivity index (χ3v) is 15.3. The quantitative estimate of drug-likeness (QED) is 0.149. The van der Waals surface area contributed by atoms with Gasteiger partial charge in [-0.2, -0.15) is 23.1 Å². The number of aliphatic hydroxyl groups excluding tert-OH is 1. The summed E-state index contributed by atoms with van der Waals surface area (Å²) in [5, 5.41) is 39.6. The molecule has 4 aliphatic rings. The van der Waals surface area contributed by atoms with E-state index >= 15 is 8.78 Å². The number of amides is 2. The Bertz CT molecular complexity index is 3040. The lowest BCUT2D eigenvalue weighted by Gasteiger charge is -2.42. The molecule has 5 aromatic rings. The Balaban J connectivity index is 0.812. The smallest absolute Gasteiger partial charge is 0.301 e. The molecule has 0 saturated carbocycles. The highest BCUT2D eigenvalue weighted by molar-refractivity contribution is 7.90. The van der Waals surface area contributed by atoms with E-state index in [1.54, 1.807) is 29.6 Å². The zero-order valence-electron chi connectivity index (χ0n) is 37.6. The largest absolute Gasteiger partial charge is 0.453 e.